The van der Waals surface area contributed by atoms with Gasteiger partial charge in [0.25, 0.3) is 5.91 Å². The average molecular weight is 812 g/mol. The maximum atomic E-state index is 13.5. The number of hydrogen-bond donors (Lipinski definition) is 6. The number of aromatic nitrogens is 1. The van der Waals surface area contributed by atoms with E-state index >= 15 is 0 Å². The molecule has 0 saturated carbocycles. The Morgan fingerprint density at radius 1 is 0.845 bits per heavy atom. The first-order valence-electron chi connectivity index (χ1n) is 18.4. The number of nitrogens with zero attached hydrogens (tertiary/aromatic N) is 1. The van der Waals surface area contributed by atoms with Crippen LogP contribution in [0.3, 0.4) is 0 Å². The normalized spacial score (nSPS) is 11.9. The molecule has 15 nitrogen and oxygen atoms in total. The summed E-state index contributed by atoms with van der Waals surface area (Å²) in [5, 5.41) is 13.2. The number of anilines is 5. The smallest absolute Gasteiger partial charge is 0.323 e. The van der Waals surface area contributed by atoms with Gasteiger partial charge in [0, 0.05) is 41.3 Å². The fourth-order valence-electron chi connectivity index (χ4n) is 5.99. The van der Waals surface area contributed by atoms with E-state index in [1.165, 1.54) is 21.1 Å². The zero-order valence-corrected chi connectivity index (χ0v) is 34.3. The molecular weight excluding hydrogens is 763 g/mol. The molecule has 306 valence electrons. The molecule has 1 aromatic heterocycles. The molecule has 5 aromatic rings. The van der Waals surface area contributed by atoms with Gasteiger partial charge in [-0.15, -0.1) is 0 Å². The van der Waals surface area contributed by atoms with Crippen molar-refractivity contribution in [1.29, 1.82) is 0 Å². The highest BCUT2D eigenvalue weighted by atomic mass is 32.2. The largest absolute Gasteiger partial charge is 0.496 e. The van der Waals surface area contributed by atoms with E-state index in [2.05, 4.69) is 31.0 Å². The summed E-state index contributed by atoms with van der Waals surface area (Å²) >= 11 is 0. The number of methoxy groups -OCH3 is 2. The third-order valence-electron chi connectivity index (χ3n) is 9.01. The maximum Gasteiger partial charge on any atom is 0.323 e. The Balaban J connectivity index is 1.30. The number of ketones is 1. The molecule has 1 heterocycles. The van der Waals surface area contributed by atoms with Gasteiger partial charge in [0.1, 0.15) is 28.8 Å². The van der Waals surface area contributed by atoms with Crippen molar-refractivity contribution in [3.05, 3.63) is 96.2 Å². The van der Waals surface area contributed by atoms with Crippen LogP contribution < -0.4 is 45.9 Å². The van der Waals surface area contributed by atoms with Crippen LogP contribution in [0.1, 0.15) is 56.5 Å². The monoisotopic (exact) mass is 811 g/mol. The standard InChI is InChI=1S/C42H49N7O8S/c1-25(50)32(43)13-10-19-45-40(51)31-15-14-27(23-37(31)55-5)46-38-24-28(18-20-44-38)57-36-17-16-33(29-11-8-9-12-30(29)36)47-41(52)48-34-21-26(42(2,3)4)22-35(39(34)56-6)49-58(7,53)54/h8-9,11-12,14-18,20-24,32,49H,10,13,19,43H2,1-7H3,(H,44,46)(H,45,51)(H2,47,48,52)/t32-/m0/s1. The van der Waals surface area contributed by atoms with E-state index in [1.54, 1.807) is 60.8 Å². The number of nitrogens with two attached hydrogens (primary N) is 1. The minimum atomic E-state index is -3.65. The number of urea groups is 1. The zero-order valence-electron chi connectivity index (χ0n) is 33.5. The number of sulfonamides is 1. The van der Waals surface area contributed by atoms with Gasteiger partial charge in [0.05, 0.1) is 49.1 Å². The van der Waals surface area contributed by atoms with Crippen molar-refractivity contribution < 1.29 is 37.0 Å². The number of fused-ring (bicyclic) bond motifs is 1. The second-order valence-corrected chi connectivity index (χ2v) is 16.3. The van der Waals surface area contributed by atoms with E-state index in [9.17, 15) is 22.8 Å². The van der Waals surface area contributed by atoms with Crippen LogP contribution in [0.5, 0.6) is 23.0 Å². The summed E-state index contributed by atoms with van der Waals surface area (Å²) < 4.78 is 44.2. The van der Waals surface area contributed by atoms with Crippen molar-refractivity contribution in [1.82, 2.24) is 10.3 Å². The van der Waals surface area contributed by atoms with Crippen LogP contribution in [0.2, 0.25) is 0 Å². The van der Waals surface area contributed by atoms with Crippen LogP contribution in [-0.2, 0) is 20.2 Å². The van der Waals surface area contributed by atoms with Gasteiger partial charge in [0.2, 0.25) is 10.0 Å². The number of Topliss-reactive ketones (excluding diaryl/α,β-unsaturated/α-hetero) is 1. The van der Waals surface area contributed by atoms with Gasteiger partial charge in [0.15, 0.2) is 5.75 Å². The van der Waals surface area contributed by atoms with E-state index in [0.29, 0.717) is 64.8 Å². The number of rotatable bonds is 16. The lowest BCUT2D eigenvalue weighted by molar-refractivity contribution is -0.118. The fraction of sp³-hybridized carbons (Fsp3) is 0.286. The van der Waals surface area contributed by atoms with E-state index in [4.69, 9.17) is 19.9 Å². The highest BCUT2D eigenvalue weighted by molar-refractivity contribution is 7.92. The summed E-state index contributed by atoms with van der Waals surface area (Å²) in [5.41, 5.74) is 8.13. The van der Waals surface area contributed by atoms with Crippen LogP contribution >= 0.6 is 0 Å². The summed E-state index contributed by atoms with van der Waals surface area (Å²) in [6.45, 7) is 7.73. The molecule has 3 amide bonds. The second kappa shape index (κ2) is 18.3. The quantitative estimate of drug-likeness (QED) is 0.0536. The van der Waals surface area contributed by atoms with E-state index in [1.807, 2.05) is 45.0 Å². The summed E-state index contributed by atoms with van der Waals surface area (Å²) in [6, 6.07) is 21.7. The number of pyridine rings is 1. The number of benzene rings is 4. The van der Waals surface area contributed by atoms with Crippen LogP contribution in [0.4, 0.5) is 33.4 Å². The van der Waals surface area contributed by atoms with Gasteiger partial charge in [-0.2, -0.15) is 0 Å². The molecule has 5 rings (SSSR count). The Labute approximate surface area is 338 Å². The Morgan fingerprint density at radius 2 is 1.55 bits per heavy atom. The lowest BCUT2D eigenvalue weighted by Gasteiger charge is -2.24. The van der Waals surface area contributed by atoms with Gasteiger partial charge in [-0.1, -0.05) is 45.0 Å². The third-order valence-corrected chi connectivity index (χ3v) is 9.60. The summed E-state index contributed by atoms with van der Waals surface area (Å²) in [5.74, 6) is 1.59. The summed E-state index contributed by atoms with van der Waals surface area (Å²) in [4.78, 5) is 42.1. The van der Waals surface area contributed by atoms with Gasteiger partial charge in [-0.05, 0) is 73.2 Å². The van der Waals surface area contributed by atoms with Crippen molar-refractivity contribution in [3.63, 3.8) is 0 Å². The SMILES string of the molecule is COc1cc(Nc2cc(Oc3ccc(NC(=O)Nc4cc(C(C)(C)C)cc(NS(C)(=O)=O)c4OC)c4ccccc34)ccn2)ccc1C(=O)NCCC[C@H](N)C(C)=O. The van der Waals surface area contributed by atoms with Crippen molar-refractivity contribution in [3.8, 4) is 23.0 Å². The minimum absolute atomic E-state index is 0.0899. The molecule has 0 aliphatic rings. The van der Waals surface area contributed by atoms with Gasteiger partial charge < -0.3 is 41.2 Å². The Kier molecular flexibility index (Phi) is 13.5. The third kappa shape index (κ3) is 11.1. The van der Waals surface area contributed by atoms with Crippen LogP contribution in [-0.4, -0.2) is 64.2 Å². The molecule has 4 aromatic carbocycles. The molecule has 58 heavy (non-hydrogen) atoms. The molecule has 0 aliphatic heterocycles. The molecular formula is C42H49N7O8S. The average Bonchev–Trinajstić information content (AvgIpc) is 3.16. The van der Waals surface area contributed by atoms with Crippen LogP contribution in [0.25, 0.3) is 10.8 Å². The van der Waals surface area contributed by atoms with Gasteiger partial charge in [-0.25, -0.2) is 18.2 Å². The topological polar surface area (TPSA) is 212 Å². The molecule has 0 fully saturated rings. The summed E-state index contributed by atoms with van der Waals surface area (Å²) in [7, 11) is -0.775. The number of hydrogen-bond acceptors (Lipinski definition) is 11. The number of nitrogens with one attached hydrogen (secondary N) is 5. The first kappa shape index (κ1) is 42.7. The Morgan fingerprint density at radius 3 is 2.22 bits per heavy atom. The van der Waals surface area contributed by atoms with E-state index in [0.717, 1.165) is 17.2 Å². The van der Waals surface area contributed by atoms with Crippen LogP contribution in [0, 0.1) is 0 Å². The lowest BCUT2D eigenvalue weighted by Crippen LogP contribution is -2.30. The predicted octanol–water partition coefficient (Wildman–Crippen LogP) is 7.53. The highest BCUT2D eigenvalue weighted by Crippen LogP contribution is 2.40. The van der Waals surface area contributed by atoms with Gasteiger partial charge >= 0.3 is 6.03 Å². The zero-order chi connectivity index (χ0) is 42.2. The van der Waals surface area contributed by atoms with E-state index < -0.39 is 22.1 Å². The maximum absolute atomic E-state index is 13.5. The van der Waals surface area contributed by atoms with Crippen molar-refractivity contribution >= 4 is 67.1 Å². The number of carbonyl (C=O) groups excluding carboxylic acids is 3. The molecule has 0 spiro atoms. The fourth-order valence-corrected chi connectivity index (χ4v) is 6.54. The molecule has 0 bridgehead atoms. The predicted molar refractivity (Wildman–Crippen MR) is 228 cm³/mol. The Hall–Kier alpha value is -6.39. The molecule has 1 atom stereocenters. The Bertz CT molecular complexity index is 2430. The molecule has 16 heteroatoms. The molecule has 0 saturated heterocycles. The highest BCUT2D eigenvalue weighted by Gasteiger charge is 2.23. The first-order valence-corrected chi connectivity index (χ1v) is 20.3. The minimum Gasteiger partial charge on any atom is -0.496 e. The molecule has 0 radical (unpaired) electrons. The molecule has 7 N–H and O–H groups in total. The number of ether oxygens (including phenoxy) is 3. The molecule has 0 aliphatic carbocycles. The van der Waals surface area contributed by atoms with Crippen molar-refractivity contribution in [2.75, 3.05) is 47.7 Å². The number of carbonyl (C=O) groups is 3. The van der Waals surface area contributed by atoms with E-state index in [-0.39, 0.29) is 34.2 Å². The second-order valence-electron chi connectivity index (χ2n) is 14.6. The van der Waals surface area contributed by atoms with Crippen molar-refractivity contribution in [2.24, 2.45) is 5.73 Å². The van der Waals surface area contributed by atoms with Crippen LogP contribution in [0.15, 0.2) is 85.1 Å². The lowest BCUT2D eigenvalue weighted by atomic mass is 9.86. The molecule has 0 unspecified atom stereocenters. The first-order chi connectivity index (χ1) is 27.4. The summed E-state index contributed by atoms with van der Waals surface area (Å²) in [6.07, 6.45) is 3.68. The number of amides is 3. The van der Waals surface area contributed by atoms with Crippen molar-refractivity contribution in [2.45, 2.75) is 52.0 Å². The van der Waals surface area contributed by atoms with Gasteiger partial charge in [-0.3, -0.25) is 14.3 Å².